The fraction of sp³-hybridized carbons (Fsp3) is 0.467. The number of phenolic OH excluding ortho intramolecular Hbond substituents is 1. The van der Waals surface area contributed by atoms with Crippen LogP contribution in [-0.4, -0.2) is 62.9 Å². The molecule has 8 rings (SSSR count). The summed E-state index contributed by atoms with van der Waals surface area (Å²) in [5.74, 6) is 1.21. The average Bonchev–Trinajstić information content (AvgIpc) is 3.65. The van der Waals surface area contributed by atoms with Crippen LogP contribution in [0, 0.1) is 5.92 Å². The number of aromatic hydroxyl groups is 1. The highest BCUT2D eigenvalue weighted by molar-refractivity contribution is 6.06. The Bertz CT molecular complexity index is 1460. The van der Waals surface area contributed by atoms with Crippen LogP contribution in [0.15, 0.2) is 48.7 Å². The summed E-state index contributed by atoms with van der Waals surface area (Å²) < 4.78 is 6.58. The molecule has 3 heterocycles. The molecular weight excluding hydrogens is 502 g/mol. The van der Waals surface area contributed by atoms with Crippen LogP contribution in [-0.2, 0) is 11.8 Å². The van der Waals surface area contributed by atoms with Crippen molar-refractivity contribution < 1.29 is 19.7 Å². The molecule has 1 amide bonds. The first-order chi connectivity index (χ1) is 18.0. The van der Waals surface area contributed by atoms with Crippen molar-refractivity contribution in [2.24, 2.45) is 5.92 Å². The van der Waals surface area contributed by atoms with Crippen LogP contribution < -0.4 is 10.1 Å². The maximum absolute atomic E-state index is 13.6. The van der Waals surface area contributed by atoms with Crippen molar-refractivity contribution in [3.05, 3.63) is 65.4 Å². The smallest absolute Gasteiger partial charge is 0.252 e. The monoisotopic (exact) mass is 533 g/mol. The first-order valence-electron chi connectivity index (χ1n) is 13.6. The van der Waals surface area contributed by atoms with Crippen molar-refractivity contribution in [3.63, 3.8) is 0 Å². The molecule has 198 valence electrons. The summed E-state index contributed by atoms with van der Waals surface area (Å²) in [6.07, 6.45) is 6.60. The Kier molecular flexibility index (Phi) is 5.29. The third-order valence-electron chi connectivity index (χ3n) is 9.97. The summed E-state index contributed by atoms with van der Waals surface area (Å²) in [4.78, 5) is 20.6. The molecule has 2 saturated carbocycles. The highest BCUT2D eigenvalue weighted by Gasteiger charge is 2.73. The first kappa shape index (κ1) is 24.2. The van der Waals surface area contributed by atoms with Gasteiger partial charge in [-0.25, -0.2) is 0 Å². The number of aromatic nitrogens is 1. The number of rotatable bonds is 4. The van der Waals surface area contributed by atoms with E-state index >= 15 is 0 Å². The predicted octanol–water partition coefficient (Wildman–Crippen LogP) is 3.72. The van der Waals surface area contributed by atoms with Gasteiger partial charge in [-0.1, -0.05) is 18.2 Å². The van der Waals surface area contributed by atoms with Gasteiger partial charge in [0.1, 0.15) is 6.10 Å². The Hall–Kier alpha value is -2.87. The number of halogens is 1. The van der Waals surface area contributed by atoms with E-state index in [9.17, 15) is 15.0 Å². The highest BCUT2D eigenvalue weighted by Crippen LogP contribution is 2.65. The molecule has 1 aromatic heterocycles. The summed E-state index contributed by atoms with van der Waals surface area (Å²) in [7, 11) is 0. The van der Waals surface area contributed by atoms with Crippen molar-refractivity contribution in [1.82, 2.24) is 15.2 Å². The van der Waals surface area contributed by atoms with Gasteiger partial charge in [-0.05, 0) is 80.8 Å². The van der Waals surface area contributed by atoms with Gasteiger partial charge in [-0.2, -0.15) is 0 Å². The molecule has 1 unspecified atom stereocenters. The second-order valence-corrected chi connectivity index (χ2v) is 11.8. The highest BCUT2D eigenvalue weighted by atomic mass is 35.5. The molecule has 5 aliphatic rings. The van der Waals surface area contributed by atoms with Crippen LogP contribution in [0.2, 0.25) is 0 Å². The third-order valence-corrected chi connectivity index (χ3v) is 9.97. The van der Waals surface area contributed by atoms with Crippen LogP contribution >= 0.6 is 12.4 Å². The number of fused-ring (bicyclic) bond motifs is 1. The zero-order chi connectivity index (χ0) is 24.9. The number of ether oxygens (including phenoxy) is 1. The zero-order valence-electron chi connectivity index (χ0n) is 21.1. The Morgan fingerprint density at radius 1 is 1.13 bits per heavy atom. The van der Waals surface area contributed by atoms with Gasteiger partial charge in [-0.15, -0.1) is 12.4 Å². The molecule has 3 N–H and O–H groups in total. The number of hydrogen-bond acceptors (Lipinski definition) is 6. The van der Waals surface area contributed by atoms with E-state index in [0.29, 0.717) is 24.2 Å². The molecule has 38 heavy (non-hydrogen) atoms. The SMILES string of the molecule is Cl.O=C(N[C@@H]1CC[C@@]2(O)C3Cc4ccc(O)c5c4[C@@]2(CCN3CC2CC2)[C@H]1O5)c1cccc2ncccc12. The lowest BCUT2D eigenvalue weighted by molar-refractivity contribution is -0.191. The van der Waals surface area contributed by atoms with E-state index in [4.69, 9.17) is 4.74 Å². The minimum Gasteiger partial charge on any atom is -0.504 e. The largest absolute Gasteiger partial charge is 0.504 e. The number of piperidine rings is 1. The van der Waals surface area contributed by atoms with Gasteiger partial charge < -0.3 is 20.3 Å². The summed E-state index contributed by atoms with van der Waals surface area (Å²) >= 11 is 0. The normalized spacial score (nSPS) is 32.7. The summed E-state index contributed by atoms with van der Waals surface area (Å²) in [5, 5.41) is 27.5. The molecule has 3 aromatic rings. The summed E-state index contributed by atoms with van der Waals surface area (Å²) in [6, 6.07) is 12.8. The molecule has 1 saturated heterocycles. The van der Waals surface area contributed by atoms with Crippen LogP contribution in [0.5, 0.6) is 11.5 Å². The quantitative estimate of drug-likeness (QED) is 0.473. The molecule has 2 aromatic carbocycles. The van der Waals surface area contributed by atoms with Gasteiger partial charge in [0.2, 0.25) is 0 Å². The van der Waals surface area contributed by atoms with E-state index in [1.165, 1.54) is 12.8 Å². The second kappa shape index (κ2) is 8.31. The van der Waals surface area contributed by atoms with Crippen molar-refractivity contribution in [2.75, 3.05) is 13.1 Å². The predicted molar refractivity (Wildman–Crippen MR) is 145 cm³/mol. The molecule has 5 atom stereocenters. The number of amides is 1. The summed E-state index contributed by atoms with van der Waals surface area (Å²) in [6.45, 7) is 1.94. The average molecular weight is 534 g/mol. The van der Waals surface area contributed by atoms with E-state index in [2.05, 4.69) is 15.2 Å². The number of nitrogens with one attached hydrogen (secondary N) is 1. The van der Waals surface area contributed by atoms with Gasteiger partial charge in [0.25, 0.3) is 5.91 Å². The zero-order valence-corrected chi connectivity index (χ0v) is 21.9. The Balaban J connectivity index is 0.00000242. The standard InChI is InChI=1S/C30H31N3O4.ClH/c34-23-9-8-18-15-24-30(36)11-10-22(32-28(35)20-3-1-5-21-19(20)4-2-13-31-21)27-29(30,25(18)26(23)37-27)12-14-33(24)16-17-6-7-17;/h1-5,8-9,13,17,22,24,27,34,36H,6-7,10-12,14-16H2,(H,32,35);1H/t22-,24?,27+,29+,30-;/m1./s1. The fourth-order valence-electron chi connectivity index (χ4n) is 8.18. The Labute approximate surface area is 227 Å². The van der Waals surface area contributed by atoms with E-state index in [1.807, 2.05) is 36.4 Å². The molecule has 3 fully saturated rings. The number of pyridine rings is 1. The number of phenols is 1. The van der Waals surface area contributed by atoms with Crippen molar-refractivity contribution >= 4 is 29.2 Å². The van der Waals surface area contributed by atoms with Crippen molar-refractivity contribution in [3.8, 4) is 11.5 Å². The molecule has 0 radical (unpaired) electrons. The van der Waals surface area contributed by atoms with Gasteiger partial charge in [0, 0.05) is 35.3 Å². The molecule has 2 aliphatic heterocycles. The third kappa shape index (κ3) is 3.09. The Morgan fingerprint density at radius 3 is 2.84 bits per heavy atom. The second-order valence-electron chi connectivity index (χ2n) is 11.8. The molecular formula is C30H32ClN3O4. The number of likely N-dealkylation sites (tertiary alicyclic amines) is 1. The number of carbonyl (C=O) groups excluding carboxylic acids is 1. The van der Waals surface area contributed by atoms with Crippen molar-refractivity contribution in [1.29, 1.82) is 0 Å². The topological polar surface area (TPSA) is 94.9 Å². The first-order valence-corrected chi connectivity index (χ1v) is 13.6. The number of aliphatic hydroxyl groups is 1. The fourth-order valence-corrected chi connectivity index (χ4v) is 8.18. The van der Waals surface area contributed by atoms with Crippen LogP contribution in [0.25, 0.3) is 10.9 Å². The maximum atomic E-state index is 13.6. The van der Waals surface area contributed by atoms with E-state index in [-0.39, 0.29) is 36.1 Å². The molecule has 1 spiro atoms. The van der Waals surface area contributed by atoms with Crippen LogP contribution in [0.1, 0.15) is 53.6 Å². The lowest BCUT2D eigenvalue weighted by Crippen LogP contribution is -2.78. The van der Waals surface area contributed by atoms with Gasteiger partial charge >= 0.3 is 0 Å². The Morgan fingerprint density at radius 2 is 2.00 bits per heavy atom. The van der Waals surface area contributed by atoms with E-state index < -0.39 is 17.1 Å². The number of hydrogen-bond donors (Lipinski definition) is 3. The van der Waals surface area contributed by atoms with Gasteiger partial charge in [0.15, 0.2) is 11.5 Å². The van der Waals surface area contributed by atoms with Gasteiger partial charge in [0.05, 0.1) is 22.6 Å². The number of carbonyl (C=O) groups is 1. The minimum absolute atomic E-state index is 0. The van der Waals surface area contributed by atoms with Crippen molar-refractivity contribution in [2.45, 2.75) is 67.7 Å². The molecule has 2 bridgehead atoms. The molecule has 8 heteroatoms. The molecule has 7 nitrogen and oxygen atoms in total. The van der Waals surface area contributed by atoms with Crippen LogP contribution in [0.3, 0.4) is 0 Å². The van der Waals surface area contributed by atoms with Gasteiger partial charge in [-0.3, -0.25) is 14.7 Å². The molecule has 3 aliphatic carbocycles. The minimum atomic E-state index is -0.957. The van der Waals surface area contributed by atoms with E-state index in [0.717, 1.165) is 53.9 Å². The number of benzene rings is 2. The van der Waals surface area contributed by atoms with Crippen LogP contribution in [0.4, 0.5) is 0 Å². The maximum Gasteiger partial charge on any atom is 0.252 e. The summed E-state index contributed by atoms with van der Waals surface area (Å²) in [5.41, 5.74) is 1.91. The van der Waals surface area contributed by atoms with E-state index in [1.54, 1.807) is 12.3 Å². The lowest BCUT2D eigenvalue weighted by Gasteiger charge is -2.64. The lowest BCUT2D eigenvalue weighted by atomic mass is 9.48. The number of nitrogens with zero attached hydrogens (tertiary/aromatic N) is 2.